The summed E-state index contributed by atoms with van der Waals surface area (Å²) in [7, 11) is 0. The summed E-state index contributed by atoms with van der Waals surface area (Å²) in [4.78, 5) is 17.8. The molecular formula is C13H18N2O2. The zero-order valence-corrected chi connectivity index (χ0v) is 10.1. The normalized spacial score (nSPS) is 25.0. The molecule has 0 bridgehead atoms. The van der Waals surface area contributed by atoms with E-state index in [9.17, 15) is 9.90 Å². The smallest absolute Gasteiger partial charge is 0.310 e. The van der Waals surface area contributed by atoms with Crippen LogP contribution in [0.1, 0.15) is 25.5 Å². The lowest BCUT2D eigenvalue weighted by Crippen LogP contribution is -2.34. The molecule has 0 amide bonds. The predicted molar refractivity (Wildman–Crippen MR) is 64.5 cm³/mol. The van der Waals surface area contributed by atoms with Gasteiger partial charge in [0.15, 0.2) is 0 Å². The largest absolute Gasteiger partial charge is 0.481 e. The van der Waals surface area contributed by atoms with Crippen molar-refractivity contribution < 1.29 is 9.90 Å². The van der Waals surface area contributed by atoms with Crippen LogP contribution in [0.5, 0.6) is 0 Å². The minimum Gasteiger partial charge on any atom is -0.481 e. The molecular weight excluding hydrogens is 216 g/mol. The summed E-state index contributed by atoms with van der Waals surface area (Å²) >= 11 is 0. The molecule has 92 valence electrons. The molecule has 0 aliphatic carbocycles. The number of pyridine rings is 1. The number of hydrogen-bond donors (Lipinski definition) is 1. The number of rotatable bonds is 4. The van der Waals surface area contributed by atoms with Crippen LogP contribution in [0.2, 0.25) is 0 Å². The average Bonchev–Trinajstić information content (AvgIpc) is 2.75. The second kappa shape index (κ2) is 4.84. The maximum Gasteiger partial charge on any atom is 0.310 e. The SMILES string of the molecule is CCC1(C(=O)O)CCN(Cc2ccccn2)C1. The maximum absolute atomic E-state index is 11.3. The van der Waals surface area contributed by atoms with Gasteiger partial charge in [0.2, 0.25) is 0 Å². The Labute approximate surface area is 101 Å². The first kappa shape index (κ1) is 12.0. The Morgan fingerprint density at radius 3 is 2.94 bits per heavy atom. The first-order chi connectivity index (χ1) is 8.16. The van der Waals surface area contributed by atoms with Crippen molar-refractivity contribution in [1.29, 1.82) is 0 Å². The van der Waals surface area contributed by atoms with Gasteiger partial charge in [-0.25, -0.2) is 0 Å². The number of hydrogen-bond acceptors (Lipinski definition) is 3. The second-order valence-electron chi connectivity index (χ2n) is 4.72. The van der Waals surface area contributed by atoms with Crippen molar-refractivity contribution in [3.05, 3.63) is 30.1 Å². The van der Waals surface area contributed by atoms with Crippen LogP contribution < -0.4 is 0 Å². The number of carbonyl (C=O) groups is 1. The van der Waals surface area contributed by atoms with E-state index in [0.717, 1.165) is 25.2 Å². The molecule has 0 aromatic carbocycles. The zero-order valence-electron chi connectivity index (χ0n) is 10.1. The van der Waals surface area contributed by atoms with Gasteiger partial charge >= 0.3 is 5.97 Å². The quantitative estimate of drug-likeness (QED) is 0.862. The van der Waals surface area contributed by atoms with Crippen molar-refractivity contribution in [2.75, 3.05) is 13.1 Å². The Kier molecular flexibility index (Phi) is 3.43. The van der Waals surface area contributed by atoms with Crippen molar-refractivity contribution in [3.8, 4) is 0 Å². The molecule has 2 heterocycles. The zero-order chi connectivity index (χ0) is 12.3. The predicted octanol–water partition coefficient (Wildman–Crippen LogP) is 1.77. The molecule has 17 heavy (non-hydrogen) atoms. The number of carboxylic acid groups (broad SMARTS) is 1. The van der Waals surface area contributed by atoms with Crippen LogP contribution >= 0.6 is 0 Å². The molecule has 1 aliphatic rings. The highest BCUT2D eigenvalue weighted by Gasteiger charge is 2.43. The van der Waals surface area contributed by atoms with Gasteiger partial charge in [-0.1, -0.05) is 13.0 Å². The molecule has 1 atom stereocenters. The van der Waals surface area contributed by atoms with E-state index >= 15 is 0 Å². The number of aliphatic carboxylic acids is 1. The molecule has 4 nitrogen and oxygen atoms in total. The van der Waals surface area contributed by atoms with Crippen LogP contribution in [-0.2, 0) is 11.3 Å². The molecule has 1 saturated heterocycles. The summed E-state index contributed by atoms with van der Waals surface area (Å²) < 4.78 is 0. The lowest BCUT2D eigenvalue weighted by atomic mass is 9.84. The summed E-state index contributed by atoms with van der Waals surface area (Å²) in [6.45, 7) is 4.18. The third-order valence-electron chi connectivity index (χ3n) is 3.68. The summed E-state index contributed by atoms with van der Waals surface area (Å²) in [6.07, 6.45) is 3.21. The monoisotopic (exact) mass is 234 g/mol. The Hall–Kier alpha value is -1.42. The van der Waals surface area contributed by atoms with Gasteiger partial charge in [-0.15, -0.1) is 0 Å². The van der Waals surface area contributed by atoms with Gasteiger partial charge in [-0.05, 0) is 31.5 Å². The van der Waals surface area contributed by atoms with Crippen molar-refractivity contribution in [2.45, 2.75) is 26.3 Å². The molecule has 1 aromatic rings. The molecule has 2 rings (SSSR count). The molecule has 0 saturated carbocycles. The van der Waals surface area contributed by atoms with E-state index in [1.807, 2.05) is 25.1 Å². The lowest BCUT2D eigenvalue weighted by molar-refractivity contribution is -0.148. The number of aromatic nitrogens is 1. The Balaban J connectivity index is 2.01. The van der Waals surface area contributed by atoms with Gasteiger partial charge in [0.05, 0.1) is 11.1 Å². The van der Waals surface area contributed by atoms with Crippen LogP contribution in [-0.4, -0.2) is 34.0 Å². The van der Waals surface area contributed by atoms with Gasteiger partial charge in [0.25, 0.3) is 0 Å². The molecule has 0 spiro atoms. The van der Waals surface area contributed by atoms with Gasteiger partial charge in [-0.3, -0.25) is 14.7 Å². The first-order valence-corrected chi connectivity index (χ1v) is 6.02. The first-order valence-electron chi connectivity index (χ1n) is 6.02. The van der Waals surface area contributed by atoms with Crippen molar-refractivity contribution in [2.24, 2.45) is 5.41 Å². The van der Waals surface area contributed by atoms with E-state index in [0.29, 0.717) is 13.0 Å². The third-order valence-corrected chi connectivity index (χ3v) is 3.68. The number of likely N-dealkylation sites (tertiary alicyclic amines) is 1. The van der Waals surface area contributed by atoms with Gasteiger partial charge in [0, 0.05) is 19.3 Å². The van der Waals surface area contributed by atoms with Crippen molar-refractivity contribution >= 4 is 5.97 Å². The highest BCUT2D eigenvalue weighted by atomic mass is 16.4. The molecule has 0 radical (unpaired) electrons. The Morgan fingerprint density at radius 2 is 2.41 bits per heavy atom. The van der Waals surface area contributed by atoms with Crippen molar-refractivity contribution in [1.82, 2.24) is 9.88 Å². The maximum atomic E-state index is 11.3. The van der Waals surface area contributed by atoms with E-state index < -0.39 is 11.4 Å². The fourth-order valence-corrected chi connectivity index (χ4v) is 2.43. The molecule has 1 aromatic heterocycles. The van der Waals surface area contributed by atoms with Crippen LogP contribution in [0.15, 0.2) is 24.4 Å². The van der Waals surface area contributed by atoms with E-state index in [4.69, 9.17) is 0 Å². The molecule has 4 heteroatoms. The molecule has 1 N–H and O–H groups in total. The Morgan fingerprint density at radius 1 is 1.59 bits per heavy atom. The topological polar surface area (TPSA) is 53.4 Å². The van der Waals surface area contributed by atoms with Crippen LogP contribution in [0, 0.1) is 5.41 Å². The molecule has 1 aliphatic heterocycles. The number of nitrogens with zero attached hydrogens (tertiary/aromatic N) is 2. The highest BCUT2D eigenvalue weighted by molar-refractivity contribution is 5.75. The average molecular weight is 234 g/mol. The number of carboxylic acids is 1. The van der Waals surface area contributed by atoms with Crippen LogP contribution in [0.3, 0.4) is 0 Å². The van der Waals surface area contributed by atoms with Crippen LogP contribution in [0.4, 0.5) is 0 Å². The lowest BCUT2D eigenvalue weighted by Gasteiger charge is -2.22. The second-order valence-corrected chi connectivity index (χ2v) is 4.72. The van der Waals surface area contributed by atoms with Gasteiger partial charge in [0.1, 0.15) is 0 Å². The van der Waals surface area contributed by atoms with E-state index in [-0.39, 0.29) is 0 Å². The molecule has 1 unspecified atom stereocenters. The van der Waals surface area contributed by atoms with Gasteiger partial charge < -0.3 is 5.11 Å². The summed E-state index contributed by atoms with van der Waals surface area (Å²) in [5, 5.41) is 9.31. The summed E-state index contributed by atoms with van der Waals surface area (Å²) in [5.74, 6) is -0.663. The van der Waals surface area contributed by atoms with E-state index in [1.54, 1.807) is 6.20 Å². The van der Waals surface area contributed by atoms with Gasteiger partial charge in [-0.2, -0.15) is 0 Å². The summed E-state index contributed by atoms with van der Waals surface area (Å²) in [6, 6.07) is 5.83. The van der Waals surface area contributed by atoms with Crippen molar-refractivity contribution in [3.63, 3.8) is 0 Å². The highest BCUT2D eigenvalue weighted by Crippen LogP contribution is 2.34. The minimum atomic E-state index is -0.663. The van der Waals surface area contributed by atoms with E-state index in [2.05, 4.69) is 9.88 Å². The van der Waals surface area contributed by atoms with Crippen LogP contribution in [0.25, 0.3) is 0 Å². The Bertz CT molecular complexity index is 394. The molecule has 1 fully saturated rings. The minimum absolute atomic E-state index is 0.547. The summed E-state index contributed by atoms with van der Waals surface area (Å²) in [5.41, 5.74) is 0.458. The van der Waals surface area contributed by atoms with E-state index in [1.165, 1.54) is 0 Å². The third kappa shape index (κ3) is 2.47. The standard InChI is InChI=1S/C13H18N2O2/c1-2-13(12(16)17)6-8-15(10-13)9-11-5-3-4-7-14-11/h3-5,7H,2,6,8-10H2,1H3,(H,16,17). The fraction of sp³-hybridized carbons (Fsp3) is 0.538. The fourth-order valence-electron chi connectivity index (χ4n) is 2.43.